The molecule has 0 saturated heterocycles. The van der Waals surface area contributed by atoms with E-state index in [0.29, 0.717) is 29.7 Å². The number of carbonyl (C=O) groups is 1. The Morgan fingerprint density at radius 1 is 1.33 bits per heavy atom. The number of rotatable bonds is 7. The molecule has 1 saturated carbocycles. The van der Waals surface area contributed by atoms with Crippen LogP contribution in [0.2, 0.25) is 0 Å². The molecule has 1 amide bonds. The van der Waals surface area contributed by atoms with E-state index in [-0.39, 0.29) is 12.3 Å². The fourth-order valence-corrected chi connectivity index (χ4v) is 3.00. The Morgan fingerprint density at radius 3 is 2.83 bits per heavy atom. The van der Waals surface area contributed by atoms with E-state index in [1.165, 1.54) is 6.33 Å². The van der Waals surface area contributed by atoms with E-state index < -0.39 is 18.2 Å². The van der Waals surface area contributed by atoms with Crippen LogP contribution in [0.25, 0.3) is 5.82 Å². The Kier molecular flexibility index (Phi) is 5.40. The number of aromatic nitrogens is 5. The summed E-state index contributed by atoms with van der Waals surface area (Å²) in [6.45, 7) is 3.81. The van der Waals surface area contributed by atoms with Crippen LogP contribution in [0, 0.1) is 12.8 Å². The van der Waals surface area contributed by atoms with Crippen LogP contribution in [0.4, 0.5) is 21.8 Å². The molecule has 3 aromatic rings. The third kappa shape index (κ3) is 4.13. The number of anilines is 3. The van der Waals surface area contributed by atoms with E-state index in [1.54, 1.807) is 29.2 Å². The first-order chi connectivity index (χ1) is 14.5. The predicted octanol–water partition coefficient (Wildman–Crippen LogP) is 2.85. The highest BCUT2D eigenvalue weighted by Crippen LogP contribution is 2.34. The van der Waals surface area contributed by atoms with E-state index >= 15 is 0 Å². The van der Waals surface area contributed by atoms with Crippen LogP contribution in [0.15, 0.2) is 37.1 Å². The average Bonchev–Trinajstić information content (AvgIpc) is 3.30. The van der Waals surface area contributed by atoms with Gasteiger partial charge in [-0.05, 0) is 31.4 Å². The van der Waals surface area contributed by atoms with Crippen molar-refractivity contribution >= 4 is 23.4 Å². The standard InChI is InChI=1S/C20H22FN7O2/c1-3-16(29)14-6-11(2)15(9-23-14)26-20-22-4-5-28(20)18-8-17(24-10-25-18)27-19(30)12-7-13(12)21/h4-6,8-10,12-13,16,29H,3,7H2,1-2H3,(H,22,26)(H,24,25,27,30)/t12-,13+,16?/m1/s1. The van der Waals surface area contributed by atoms with Crippen molar-refractivity contribution in [3.05, 3.63) is 48.3 Å². The molecule has 10 heteroatoms. The molecule has 9 nitrogen and oxygen atoms in total. The Labute approximate surface area is 172 Å². The molecule has 3 N–H and O–H groups in total. The molecule has 4 rings (SSSR count). The summed E-state index contributed by atoms with van der Waals surface area (Å²) in [7, 11) is 0. The molecular weight excluding hydrogens is 389 g/mol. The van der Waals surface area contributed by atoms with Gasteiger partial charge >= 0.3 is 0 Å². The topological polar surface area (TPSA) is 118 Å². The van der Waals surface area contributed by atoms with Gasteiger partial charge in [-0.25, -0.2) is 19.3 Å². The first-order valence-corrected chi connectivity index (χ1v) is 9.68. The van der Waals surface area contributed by atoms with Crippen molar-refractivity contribution in [1.82, 2.24) is 24.5 Å². The molecule has 0 aliphatic heterocycles. The van der Waals surface area contributed by atoms with Crippen LogP contribution in [0.3, 0.4) is 0 Å². The van der Waals surface area contributed by atoms with Gasteiger partial charge in [0.05, 0.1) is 29.6 Å². The first-order valence-electron chi connectivity index (χ1n) is 9.68. The van der Waals surface area contributed by atoms with Crippen molar-refractivity contribution in [2.45, 2.75) is 39.0 Å². The Morgan fingerprint density at radius 2 is 2.13 bits per heavy atom. The number of halogens is 1. The number of nitrogens with zero attached hydrogens (tertiary/aromatic N) is 5. The van der Waals surface area contributed by atoms with Gasteiger partial charge in [0.15, 0.2) is 0 Å². The highest BCUT2D eigenvalue weighted by molar-refractivity contribution is 5.94. The molecule has 30 heavy (non-hydrogen) atoms. The number of imidazole rings is 1. The number of pyridine rings is 1. The number of aryl methyl sites for hydroxylation is 1. The molecule has 156 valence electrons. The van der Waals surface area contributed by atoms with Gasteiger partial charge in [-0.2, -0.15) is 0 Å². The molecule has 0 bridgehead atoms. The molecule has 0 aromatic carbocycles. The van der Waals surface area contributed by atoms with Gasteiger partial charge < -0.3 is 15.7 Å². The number of aliphatic hydroxyl groups is 1. The maximum Gasteiger partial charge on any atom is 0.231 e. The van der Waals surface area contributed by atoms with Crippen LogP contribution < -0.4 is 10.6 Å². The smallest absolute Gasteiger partial charge is 0.231 e. The zero-order valence-corrected chi connectivity index (χ0v) is 16.6. The van der Waals surface area contributed by atoms with Gasteiger partial charge in [0.2, 0.25) is 11.9 Å². The second-order valence-electron chi connectivity index (χ2n) is 7.20. The monoisotopic (exact) mass is 411 g/mol. The highest BCUT2D eigenvalue weighted by Gasteiger charge is 2.43. The Hall–Kier alpha value is -3.40. The van der Waals surface area contributed by atoms with E-state index in [9.17, 15) is 14.3 Å². The minimum atomic E-state index is -1.07. The summed E-state index contributed by atoms with van der Waals surface area (Å²) >= 11 is 0. The fraction of sp³-hybridized carbons (Fsp3) is 0.350. The molecule has 0 radical (unpaired) electrons. The number of hydrogen-bond donors (Lipinski definition) is 3. The molecule has 3 aromatic heterocycles. The van der Waals surface area contributed by atoms with Gasteiger partial charge in [0.1, 0.15) is 24.1 Å². The number of aliphatic hydroxyl groups excluding tert-OH is 1. The number of hydrogen-bond acceptors (Lipinski definition) is 7. The largest absolute Gasteiger partial charge is 0.387 e. The predicted molar refractivity (Wildman–Crippen MR) is 108 cm³/mol. The van der Waals surface area contributed by atoms with Gasteiger partial charge in [-0.3, -0.25) is 14.3 Å². The molecule has 3 heterocycles. The minimum absolute atomic E-state index is 0.251. The minimum Gasteiger partial charge on any atom is -0.387 e. The second-order valence-corrected chi connectivity index (χ2v) is 7.20. The lowest BCUT2D eigenvalue weighted by molar-refractivity contribution is -0.117. The van der Waals surface area contributed by atoms with Gasteiger partial charge in [-0.1, -0.05) is 6.92 Å². The van der Waals surface area contributed by atoms with E-state index in [4.69, 9.17) is 0 Å². The summed E-state index contributed by atoms with van der Waals surface area (Å²) in [5.74, 6) is 0.285. The van der Waals surface area contributed by atoms with Crippen LogP contribution in [-0.2, 0) is 4.79 Å². The number of alkyl halides is 1. The summed E-state index contributed by atoms with van der Waals surface area (Å²) in [6.07, 6.45) is 5.46. The van der Waals surface area contributed by atoms with Crippen LogP contribution >= 0.6 is 0 Å². The maximum absolute atomic E-state index is 13.1. The SMILES string of the molecule is CCC(O)c1cc(C)c(Nc2nccn2-c2cc(NC(=O)[C@@H]3C[C@@H]3F)ncn2)cn1. The summed E-state index contributed by atoms with van der Waals surface area (Å²) in [5.41, 5.74) is 2.26. The van der Waals surface area contributed by atoms with Crippen molar-refractivity contribution in [1.29, 1.82) is 0 Å². The molecular formula is C20H22FN7O2. The lowest BCUT2D eigenvalue weighted by Gasteiger charge is -2.14. The van der Waals surface area contributed by atoms with Gasteiger partial charge in [0.25, 0.3) is 0 Å². The van der Waals surface area contributed by atoms with E-state index in [2.05, 4.69) is 30.6 Å². The van der Waals surface area contributed by atoms with Crippen molar-refractivity contribution in [2.75, 3.05) is 10.6 Å². The van der Waals surface area contributed by atoms with Gasteiger partial charge in [0, 0.05) is 18.5 Å². The fourth-order valence-electron chi connectivity index (χ4n) is 3.00. The van der Waals surface area contributed by atoms with Crippen molar-refractivity contribution in [3.8, 4) is 5.82 Å². The molecule has 1 fully saturated rings. The lowest BCUT2D eigenvalue weighted by Crippen LogP contribution is -2.16. The molecule has 3 atom stereocenters. The number of carbonyl (C=O) groups excluding carboxylic acids is 1. The maximum atomic E-state index is 13.1. The van der Waals surface area contributed by atoms with Crippen molar-refractivity contribution in [2.24, 2.45) is 5.92 Å². The quantitative estimate of drug-likeness (QED) is 0.547. The van der Waals surface area contributed by atoms with Gasteiger partial charge in [-0.15, -0.1) is 0 Å². The molecule has 1 aliphatic carbocycles. The third-order valence-electron chi connectivity index (χ3n) is 4.95. The van der Waals surface area contributed by atoms with E-state index in [0.717, 1.165) is 11.3 Å². The second kappa shape index (κ2) is 8.15. The third-order valence-corrected chi connectivity index (χ3v) is 4.95. The normalized spacial score (nSPS) is 18.7. The number of amides is 1. The molecule has 1 aliphatic rings. The highest BCUT2D eigenvalue weighted by atomic mass is 19.1. The van der Waals surface area contributed by atoms with Crippen LogP contribution in [-0.4, -0.2) is 41.7 Å². The van der Waals surface area contributed by atoms with Crippen molar-refractivity contribution in [3.63, 3.8) is 0 Å². The molecule has 0 spiro atoms. The summed E-state index contributed by atoms with van der Waals surface area (Å²) in [6, 6.07) is 3.42. The zero-order chi connectivity index (χ0) is 21.3. The zero-order valence-electron chi connectivity index (χ0n) is 16.6. The Balaban J connectivity index is 1.54. The number of nitrogens with one attached hydrogen (secondary N) is 2. The lowest BCUT2D eigenvalue weighted by atomic mass is 10.1. The van der Waals surface area contributed by atoms with Crippen LogP contribution in [0.1, 0.15) is 37.1 Å². The van der Waals surface area contributed by atoms with Crippen LogP contribution in [0.5, 0.6) is 0 Å². The average molecular weight is 411 g/mol. The Bertz CT molecular complexity index is 1070. The summed E-state index contributed by atoms with van der Waals surface area (Å²) in [4.78, 5) is 28.9. The first kappa shape index (κ1) is 19.9. The van der Waals surface area contributed by atoms with E-state index in [1.807, 2.05) is 19.9 Å². The van der Waals surface area contributed by atoms with Crippen molar-refractivity contribution < 1.29 is 14.3 Å². The summed E-state index contributed by atoms with van der Waals surface area (Å²) in [5, 5.41) is 15.8. The molecule has 1 unspecified atom stereocenters. The summed E-state index contributed by atoms with van der Waals surface area (Å²) < 4.78 is 14.8.